The lowest BCUT2D eigenvalue weighted by Crippen LogP contribution is -2.21. The van der Waals surface area contributed by atoms with Gasteiger partial charge < -0.3 is 20.5 Å². The van der Waals surface area contributed by atoms with Crippen molar-refractivity contribution in [1.82, 2.24) is 9.55 Å². The molecule has 20 heavy (non-hydrogen) atoms. The highest BCUT2D eigenvalue weighted by atomic mass is 16.3. The largest absolute Gasteiger partial charge is 0.399 e. The predicted octanol–water partition coefficient (Wildman–Crippen LogP) is 1.83. The summed E-state index contributed by atoms with van der Waals surface area (Å²) < 4.78 is 2.03. The van der Waals surface area contributed by atoms with Crippen LogP contribution in [0.3, 0.4) is 0 Å². The maximum Gasteiger partial charge on any atom is 0.138 e. The SMILES string of the molecule is CC(O)c1nc2cc(N)ccc2n1CC1CCCC1O. The molecule has 1 aliphatic rings. The number of nitrogen functional groups attached to an aromatic ring is 1. The van der Waals surface area contributed by atoms with E-state index in [1.807, 2.05) is 22.8 Å². The Morgan fingerprint density at radius 2 is 2.25 bits per heavy atom. The lowest BCUT2D eigenvalue weighted by atomic mass is 10.1. The zero-order valence-corrected chi connectivity index (χ0v) is 11.7. The van der Waals surface area contributed by atoms with Gasteiger partial charge in [0, 0.05) is 18.2 Å². The van der Waals surface area contributed by atoms with Crippen LogP contribution in [0.4, 0.5) is 5.69 Å². The van der Waals surface area contributed by atoms with Crippen LogP contribution in [0.25, 0.3) is 11.0 Å². The van der Waals surface area contributed by atoms with Gasteiger partial charge >= 0.3 is 0 Å². The molecular formula is C15H21N3O2. The molecule has 0 aliphatic heterocycles. The molecule has 0 radical (unpaired) electrons. The third-order valence-electron chi connectivity index (χ3n) is 4.21. The highest BCUT2D eigenvalue weighted by molar-refractivity contribution is 5.79. The van der Waals surface area contributed by atoms with Gasteiger partial charge in [-0.3, -0.25) is 0 Å². The maximum absolute atomic E-state index is 10.0. The number of nitrogens with two attached hydrogens (primary N) is 1. The maximum atomic E-state index is 10.0. The lowest BCUT2D eigenvalue weighted by Gasteiger charge is -2.18. The number of aromatic nitrogens is 2. The first-order valence-electron chi connectivity index (χ1n) is 7.18. The molecule has 4 N–H and O–H groups in total. The molecule has 1 aliphatic carbocycles. The Labute approximate surface area is 118 Å². The summed E-state index contributed by atoms with van der Waals surface area (Å²) in [5, 5.41) is 20.0. The summed E-state index contributed by atoms with van der Waals surface area (Å²) in [4.78, 5) is 4.49. The molecule has 1 aromatic carbocycles. The van der Waals surface area contributed by atoms with Gasteiger partial charge in [0.2, 0.25) is 0 Å². The van der Waals surface area contributed by atoms with Crippen LogP contribution in [0, 0.1) is 5.92 Å². The minimum atomic E-state index is -0.637. The van der Waals surface area contributed by atoms with Gasteiger partial charge in [0.05, 0.1) is 17.1 Å². The number of benzene rings is 1. The van der Waals surface area contributed by atoms with Crippen LogP contribution in [-0.2, 0) is 6.54 Å². The normalized spacial score (nSPS) is 24.4. The number of hydrogen-bond acceptors (Lipinski definition) is 4. The summed E-state index contributed by atoms with van der Waals surface area (Å²) >= 11 is 0. The third kappa shape index (κ3) is 2.27. The van der Waals surface area contributed by atoms with Crippen LogP contribution in [0.2, 0.25) is 0 Å². The number of anilines is 1. The number of fused-ring (bicyclic) bond motifs is 1. The first-order chi connectivity index (χ1) is 9.56. The van der Waals surface area contributed by atoms with Crippen LogP contribution < -0.4 is 5.73 Å². The molecule has 1 aromatic heterocycles. The molecule has 108 valence electrons. The third-order valence-corrected chi connectivity index (χ3v) is 4.21. The fourth-order valence-electron chi connectivity index (χ4n) is 3.14. The van der Waals surface area contributed by atoms with Crippen molar-refractivity contribution >= 4 is 16.7 Å². The van der Waals surface area contributed by atoms with Crippen molar-refractivity contribution in [2.75, 3.05) is 5.73 Å². The molecule has 0 bridgehead atoms. The van der Waals surface area contributed by atoms with Crippen molar-refractivity contribution in [1.29, 1.82) is 0 Å². The van der Waals surface area contributed by atoms with Crippen molar-refractivity contribution in [2.45, 2.75) is 44.9 Å². The standard InChI is InChI=1S/C15H21N3O2/c1-9(19)15-17-12-7-11(16)5-6-13(12)18(15)8-10-3-2-4-14(10)20/h5-7,9-10,14,19-20H,2-4,8,16H2,1H3. The first kappa shape index (κ1) is 13.4. The molecule has 2 aromatic rings. The monoisotopic (exact) mass is 275 g/mol. The fourth-order valence-corrected chi connectivity index (χ4v) is 3.14. The van der Waals surface area contributed by atoms with Crippen LogP contribution in [0.15, 0.2) is 18.2 Å². The van der Waals surface area contributed by atoms with Gasteiger partial charge in [-0.25, -0.2) is 4.98 Å². The zero-order valence-electron chi connectivity index (χ0n) is 11.7. The average Bonchev–Trinajstić information content (AvgIpc) is 2.95. The van der Waals surface area contributed by atoms with Gasteiger partial charge in [-0.2, -0.15) is 0 Å². The number of rotatable bonds is 3. The van der Waals surface area contributed by atoms with E-state index in [1.54, 1.807) is 6.92 Å². The number of imidazole rings is 1. The molecule has 3 unspecified atom stereocenters. The van der Waals surface area contributed by atoms with Gasteiger partial charge in [-0.15, -0.1) is 0 Å². The van der Waals surface area contributed by atoms with E-state index in [0.717, 1.165) is 30.3 Å². The van der Waals surface area contributed by atoms with E-state index in [1.165, 1.54) is 0 Å². The Hall–Kier alpha value is -1.59. The van der Waals surface area contributed by atoms with E-state index < -0.39 is 6.10 Å². The van der Waals surface area contributed by atoms with Crippen molar-refractivity contribution in [3.05, 3.63) is 24.0 Å². The molecule has 0 amide bonds. The van der Waals surface area contributed by atoms with Crippen molar-refractivity contribution in [3.63, 3.8) is 0 Å². The molecule has 1 saturated carbocycles. The Morgan fingerprint density at radius 1 is 1.45 bits per heavy atom. The summed E-state index contributed by atoms with van der Waals surface area (Å²) in [7, 11) is 0. The molecule has 3 atom stereocenters. The van der Waals surface area contributed by atoms with Crippen LogP contribution in [0.5, 0.6) is 0 Å². The molecule has 0 spiro atoms. The highest BCUT2D eigenvalue weighted by Gasteiger charge is 2.27. The highest BCUT2D eigenvalue weighted by Crippen LogP contribution is 2.30. The van der Waals surface area contributed by atoms with Crippen LogP contribution >= 0.6 is 0 Å². The Kier molecular flexibility index (Phi) is 3.40. The molecular weight excluding hydrogens is 254 g/mol. The second-order valence-corrected chi connectivity index (χ2v) is 5.76. The number of nitrogens with zero attached hydrogens (tertiary/aromatic N) is 2. The summed E-state index contributed by atoms with van der Waals surface area (Å²) in [6.45, 7) is 2.41. The van der Waals surface area contributed by atoms with Crippen molar-refractivity contribution in [3.8, 4) is 0 Å². The van der Waals surface area contributed by atoms with E-state index in [-0.39, 0.29) is 12.0 Å². The second kappa shape index (κ2) is 5.07. The number of aliphatic hydroxyl groups excluding tert-OH is 2. The molecule has 3 rings (SSSR count). The molecule has 1 heterocycles. The van der Waals surface area contributed by atoms with Crippen LogP contribution in [-0.4, -0.2) is 25.9 Å². The Bertz CT molecular complexity index is 621. The Morgan fingerprint density at radius 3 is 2.90 bits per heavy atom. The predicted molar refractivity (Wildman–Crippen MR) is 78.1 cm³/mol. The summed E-state index contributed by atoms with van der Waals surface area (Å²) in [5.74, 6) is 0.882. The van der Waals surface area contributed by atoms with Crippen molar-refractivity contribution in [2.24, 2.45) is 5.92 Å². The quantitative estimate of drug-likeness (QED) is 0.746. The minimum Gasteiger partial charge on any atom is -0.399 e. The Balaban J connectivity index is 2.04. The molecule has 0 saturated heterocycles. The van der Waals surface area contributed by atoms with Gasteiger partial charge in [0.15, 0.2) is 0 Å². The van der Waals surface area contributed by atoms with Gasteiger partial charge in [-0.1, -0.05) is 6.42 Å². The summed E-state index contributed by atoms with van der Waals surface area (Å²) in [6, 6.07) is 5.60. The van der Waals surface area contributed by atoms with E-state index >= 15 is 0 Å². The second-order valence-electron chi connectivity index (χ2n) is 5.76. The molecule has 1 fully saturated rings. The van der Waals surface area contributed by atoms with E-state index in [0.29, 0.717) is 18.1 Å². The topological polar surface area (TPSA) is 84.3 Å². The van der Waals surface area contributed by atoms with E-state index in [2.05, 4.69) is 4.98 Å². The van der Waals surface area contributed by atoms with E-state index in [4.69, 9.17) is 5.73 Å². The molecule has 5 heteroatoms. The van der Waals surface area contributed by atoms with Crippen molar-refractivity contribution < 1.29 is 10.2 Å². The van der Waals surface area contributed by atoms with Gasteiger partial charge in [0.1, 0.15) is 11.9 Å². The zero-order chi connectivity index (χ0) is 14.3. The van der Waals surface area contributed by atoms with Gasteiger partial charge in [-0.05, 0) is 38.0 Å². The smallest absolute Gasteiger partial charge is 0.138 e. The van der Waals surface area contributed by atoms with Crippen LogP contribution in [0.1, 0.15) is 38.1 Å². The minimum absolute atomic E-state index is 0.238. The number of hydrogen-bond donors (Lipinski definition) is 3. The lowest BCUT2D eigenvalue weighted by molar-refractivity contribution is 0.119. The average molecular weight is 275 g/mol. The van der Waals surface area contributed by atoms with E-state index in [9.17, 15) is 10.2 Å². The number of aliphatic hydroxyl groups is 2. The molecule has 5 nitrogen and oxygen atoms in total. The fraction of sp³-hybridized carbons (Fsp3) is 0.533. The van der Waals surface area contributed by atoms with Gasteiger partial charge in [0.25, 0.3) is 0 Å². The summed E-state index contributed by atoms with van der Waals surface area (Å²) in [5.41, 5.74) is 8.23. The summed E-state index contributed by atoms with van der Waals surface area (Å²) in [6.07, 6.45) is 2.07. The first-order valence-corrected chi connectivity index (χ1v) is 7.18.